The topological polar surface area (TPSA) is 121 Å². The lowest BCUT2D eigenvalue weighted by Gasteiger charge is -2.08. The van der Waals surface area contributed by atoms with Crippen LogP contribution in [0.15, 0.2) is 46.5 Å². The number of hydrogen-bond acceptors (Lipinski definition) is 8. The second-order valence-corrected chi connectivity index (χ2v) is 7.76. The number of rotatable bonds is 6. The van der Waals surface area contributed by atoms with Gasteiger partial charge in [0.15, 0.2) is 0 Å². The van der Waals surface area contributed by atoms with Crippen LogP contribution in [0.5, 0.6) is 0 Å². The number of pyridine rings is 2. The summed E-state index contributed by atoms with van der Waals surface area (Å²) in [6, 6.07) is 8.60. The van der Waals surface area contributed by atoms with Gasteiger partial charge in [-0.1, -0.05) is 6.07 Å². The van der Waals surface area contributed by atoms with Crippen LogP contribution in [0.3, 0.4) is 0 Å². The quantitative estimate of drug-likeness (QED) is 0.678. The number of hydrogen-bond donors (Lipinski definition) is 2. The van der Waals surface area contributed by atoms with Crippen LogP contribution in [0.1, 0.15) is 35.5 Å². The van der Waals surface area contributed by atoms with E-state index in [0.717, 1.165) is 24.6 Å². The molecule has 2 atom stereocenters. The molecule has 4 N–H and O–H groups in total. The van der Waals surface area contributed by atoms with E-state index in [1.807, 2.05) is 19.2 Å². The predicted molar refractivity (Wildman–Crippen MR) is 118 cm³/mol. The van der Waals surface area contributed by atoms with Crippen LogP contribution in [-0.2, 0) is 28.5 Å². The van der Waals surface area contributed by atoms with Gasteiger partial charge in [0, 0.05) is 17.6 Å². The van der Waals surface area contributed by atoms with Crippen LogP contribution >= 0.6 is 0 Å². The Hall–Kier alpha value is -3.37. The van der Waals surface area contributed by atoms with Crippen molar-refractivity contribution in [1.29, 1.82) is 0 Å². The van der Waals surface area contributed by atoms with Crippen LogP contribution in [0.4, 0.5) is 13.2 Å². The van der Waals surface area contributed by atoms with Crippen LogP contribution in [0, 0.1) is 6.92 Å². The average molecular weight is 464 g/mol. The van der Waals surface area contributed by atoms with E-state index in [1.54, 1.807) is 6.07 Å². The number of ether oxygens (including phenoxy) is 2. The summed E-state index contributed by atoms with van der Waals surface area (Å²) in [5.41, 5.74) is 12.6. The molecule has 2 aromatic rings. The normalized spacial score (nSPS) is 19.6. The zero-order chi connectivity index (χ0) is 23.8. The molecular formula is C22H27F3N6O2. The fourth-order valence-corrected chi connectivity index (χ4v) is 3.35. The molecular weight excluding hydrogens is 437 g/mol. The molecule has 11 heteroatoms. The Bertz CT molecular complexity index is 996. The van der Waals surface area contributed by atoms with Gasteiger partial charge >= 0.3 is 6.18 Å². The fourth-order valence-electron chi connectivity index (χ4n) is 3.35. The van der Waals surface area contributed by atoms with E-state index in [4.69, 9.17) is 20.9 Å². The van der Waals surface area contributed by atoms with Crippen molar-refractivity contribution in [3.63, 3.8) is 0 Å². The third-order valence-corrected chi connectivity index (χ3v) is 5.03. The maximum atomic E-state index is 12.4. The van der Waals surface area contributed by atoms with Crippen molar-refractivity contribution >= 4 is 12.0 Å². The first-order valence-corrected chi connectivity index (χ1v) is 10.6. The molecule has 2 aliphatic rings. The second-order valence-electron chi connectivity index (χ2n) is 7.76. The monoisotopic (exact) mass is 464 g/mol. The number of alkyl halides is 3. The van der Waals surface area contributed by atoms with Crippen molar-refractivity contribution in [1.82, 2.24) is 9.97 Å². The maximum Gasteiger partial charge on any atom is 0.433 e. The van der Waals surface area contributed by atoms with Gasteiger partial charge in [0.1, 0.15) is 18.9 Å². The first-order chi connectivity index (χ1) is 15.7. The van der Waals surface area contributed by atoms with E-state index in [9.17, 15) is 13.2 Å². The van der Waals surface area contributed by atoms with Gasteiger partial charge in [-0.3, -0.25) is 4.98 Å². The van der Waals surface area contributed by atoms with E-state index < -0.39 is 11.9 Å². The highest BCUT2D eigenvalue weighted by molar-refractivity contribution is 5.73. The van der Waals surface area contributed by atoms with Crippen LogP contribution in [0.2, 0.25) is 0 Å². The largest absolute Gasteiger partial charge is 0.463 e. The fraction of sp³-hybridized carbons (Fsp3) is 0.455. The van der Waals surface area contributed by atoms with Gasteiger partial charge in [0.05, 0.1) is 12.1 Å². The summed E-state index contributed by atoms with van der Waals surface area (Å²) in [7, 11) is 0. The van der Waals surface area contributed by atoms with Crippen molar-refractivity contribution in [2.75, 3.05) is 13.2 Å². The van der Waals surface area contributed by atoms with Crippen molar-refractivity contribution in [2.45, 2.75) is 50.9 Å². The summed E-state index contributed by atoms with van der Waals surface area (Å²) in [6.07, 6.45) is 0.380. The Labute approximate surface area is 189 Å². The highest BCUT2D eigenvalue weighted by atomic mass is 19.4. The van der Waals surface area contributed by atoms with Crippen molar-refractivity contribution in [3.8, 4) is 0 Å². The van der Waals surface area contributed by atoms with Crippen molar-refractivity contribution in [3.05, 3.63) is 59.2 Å². The molecule has 0 fully saturated rings. The van der Waals surface area contributed by atoms with Crippen LogP contribution < -0.4 is 11.5 Å². The first kappa shape index (κ1) is 24.3. The molecule has 4 rings (SSSR count). The van der Waals surface area contributed by atoms with Crippen LogP contribution in [0.25, 0.3) is 0 Å². The lowest BCUT2D eigenvalue weighted by molar-refractivity contribution is -0.141. The van der Waals surface area contributed by atoms with E-state index in [1.165, 1.54) is 11.6 Å². The number of aliphatic imine (C=N–C) groups is 2. The Morgan fingerprint density at radius 2 is 1.61 bits per heavy atom. The van der Waals surface area contributed by atoms with Gasteiger partial charge in [0.25, 0.3) is 12.0 Å². The highest BCUT2D eigenvalue weighted by Gasteiger charge is 2.32. The summed E-state index contributed by atoms with van der Waals surface area (Å²) in [6.45, 7) is 3.00. The van der Waals surface area contributed by atoms with Crippen molar-refractivity contribution < 1.29 is 22.6 Å². The number of nitrogens with zero attached hydrogens (tertiary/aromatic N) is 4. The third kappa shape index (κ3) is 7.92. The minimum atomic E-state index is -4.41. The van der Waals surface area contributed by atoms with E-state index >= 15 is 0 Å². The molecule has 0 amide bonds. The summed E-state index contributed by atoms with van der Waals surface area (Å²) in [5.74, 6) is 0. The van der Waals surface area contributed by atoms with Gasteiger partial charge in [-0.15, -0.1) is 0 Å². The predicted octanol–water partition coefficient (Wildman–Crippen LogP) is 2.78. The molecule has 0 unspecified atom stereocenters. The first-order valence-electron chi connectivity index (χ1n) is 10.6. The van der Waals surface area contributed by atoms with Gasteiger partial charge < -0.3 is 20.9 Å². The lowest BCUT2D eigenvalue weighted by atomic mass is 10.1. The zero-order valence-electron chi connectivity index (χ0n) is 18.3. The van der Waals surface area contributed by atoms with Gasteiger partial charge in [-0.05, 0) is 62.4 Å². The van der Waals surface area contributed by atoms with Crippen LogP contribution in [-0.4, -0.2) is 47.3 Å². The molecule has 0 radical (unpaired) electrons. The SMILES string of the molecule is Cc1cc(CC[C@H]2COC(N)=N2)ccn1.NC1=N[C@@H](CCc2cccc(C(F)(F)F)n2)CO1. The third-order valence-electron chi connectivity index (χ3n) is 5.03. The molecule has 4 heterocycles. The van der Waals surface area contributed by atoms with Gasteiger partial charge in [0.2, 0.25) is 0 Å². The van der Waals surface area contributed by atoms with Crippen molar-refractivity contribution in [2.24, 2.45) is 21.5 Å². The molecule has 178 valence electrons. The molecule has 8 nitrogen and oxygen atoms in total. The highest BCUT2D eigenvalue weighted by Crippen LogP contribution is 2.27. The van der Waals surface area contributed by atoms with E-state index in [2.05, 4.69) is 26.0 Å². The summed E-state index contributed by atoms with van der Waals surface area (Å²) in [5, 5.41) is 0. The standard InChI is InChI=1S/C11H12F3N3O.C11H15N3O/c12-11(13,14)9-3-1-2-7(16-9)4-5-8-6-18-10(15)17-8;1-8-6-9(4-5-13-8)2-3-10-7-15-11(12)14-10/h1-3,8H,4-6H2,(H2,15,17);4-6,10H,2-3,7H2,1H3,(H2,12,14)/t8-;10-/m00/s1. The average Bonchev–Trinajstić information content (AvgIpc) is 3.38. The van der Waals surface area contributed by atoms with E-state index in [0.29, 0.717) is 37.8 Å². The molecule has 0 aromatic carbocycles. The zero-order valence-corrected chi connectivity index (χ0v) is 18.3. The number of amidine groups is 2. The number of aromatic nitrogens is 2. The molecule has 0 bridgehead atoms. The molecule has 0 aliphatic carbocycles. The minimum absolute atomic E-state index is 0.0960. The van der Waals surface area contributed by atoms with Gasteiger partial charge in [-0.2, -0.15) is 13.2 Å². The Balaban J connectivity index is 0.000000189. The minimum Gasteiger partial charge on any atom is -0.463 e. The Kier molecular flexibility index (Phi) is 8.07. The second kappa shape index (κ2) is 11.0. The molecule has 2 aromatic heterocycles. The molecule has 0 saturated heterocycles. The summed E-state index contributed by atoms with van der Waals surface area (Å²) < 4.78 is 47.4. The van der Waals surface area contributed by atoms with E-state index in [-0.39, 0.29) is 18.1 Å². The Morgan fingerprint density at radius 3 is 2.15 bits per heavy atom. The summed E-state index contributed by atoms with van der Waals surface area (Å²) >= 11 is 0. The smallest absolute Gasteiger partial charge is 0.433 e. The number of halogens is 3. The molecule has 0 saturated carbocycles. The summed E-state index contributed by atoms with van der Waals surface area (Å²) in [4.78, 5) is 15.9. The molecule has 33 heavy (non-hydrogen) atoms. The number of nitrogens with two attached hydrogens (primary N) is 2. The lowest BCUT2D eigenvalue weighted by Crippen LogP contribution is -2.12. The van der Waals surface area contributed by atoms with Gasteiger partial charge in [-0.25, -0.2) is 15.0 Å². The molecule has 0 spiro atoms. The number of aryl methyl sites for hydroxylation is 3. The maximum absolute atomic E-state index is 12.4. The molecule has 2 aliphatic heterocycles. The Morgan fingerprint density at radius 1 is 0.970 bits per heavy atom.